The van der Waals surface area contributed by atoms with Crippen LogP contribution in [-0.2, 0) is 9.53 Å². The van der Waals surface area contributed by atoms with Crippen molar-refractivity contribution in [3.63, 3.8) is 0 Å². The van der Waals surface area contributed by atoms with Crippen molar-refractivity contribution in [2.45, 2.75) is 25.9 Å². The number of ether oxygens (including phenoxy) is 1. The van der Waals surface area contributed by atoms with E-state index in [0.29, 0.717) is 26.3 Å². The molecule has 1 amide bonds. The van der Waals surface area contributed by atoms with Crippen molar-refractivity contribution in [3.8, 4) is 0 Å². The molecule has 1 fully saturated rings. The number of carbonyl (C=O) groups excluding carboxylic acids is 1. The summed E-state index contributed by atoms with van der Waals surface area (Å²) in [6.45, 7) is 6.13. The fourth-order valence-electron chi connectivity index (χ4n) is 2.27. The average molecular weight is 281 g/mol. The van der Waals surface area contributed by atoms with Gasteiger partial charge in [-0.2, -0.15) is 0 Å². The van der Waals surface area contributed by atoms with E-state index in [1.165, 1.54) is 12.3 Å². The molecule has 0 spiro atoms. The quantitative estimate of drug-likeness (QED) is 0.898. The number of carbonyl (C=O) groups is 1. The molecule has 0 aliphatic carbocycles. The lowest BCUT2D eigenvalue weighted by Gasteiger charge is -2.30. The van der Waals surface area contributed by atoms with Crippen molar-refractivity contribution < 1.29 is 13.9 Å². The van der Waals surface area contributed by atoms with Gasteiger partial charge in [0.1, 0.15) is 5.82 Å². The van der Waals surface area contributed by atoms with Gasteiger partial charge in [-0.05, 0) is 25.5 Å². The summed E-state index contributed by atoms with van der Waals surface area (Å²) in [4.78, 5) is 17.9. The van der Waals surface area contributed by atoms with Gasteiger partial charge in [0.25, 0.3) is 0 Å². The second-order valence-electron chi connectivity index (χ2n) is 4.98. The minimum atomic E-state index is -0.372. The fourth-order valence-corrected chi connectivity index (χ4v) is 2.27. The maximum Gasteiger partial charge on any atom is 0.239 e. The highest BCUT2D eigenvalue weighted by atomic mass is 19.1. The van der Waals surface area contributed by atoms with Gasteiger partial charge in [-0.15, -0.1) is 0 Å². The normalized spacial score (nSPS) is 18.6. The summed E-state index contributed by atoms with van der Waals surface area (Å²) in [5.74, 6) is -0.326. The average Bonchev–Trinajstić information content (AvgIpc) is 2.47. The van der Waals surface area contributed by atoms with E-state index in [2.05, 4.69) is 10.3 Å². The largest absolute Gasteiger partial charge is 0.378 e. The summed E-state index contributed by atoms with van der Waals surface area (Å²) < 4.78 is 18.4. The molecule has 2 heterocycles. The van der Waals surface area contributed by atoms with Gasteiger partial charge in [0.15, 0.2) is 0 Å². The standard InChI is InChI=1S/C14H20FN3O2/c1-10(12-7-13(15)9-16-8-12)17-11(2)14(19)18-3-5-20-6-4-18/h7-11,17H,3-6H2,1-2H3. The van der Waals surface area contributed by atoms with Gasteiger partial charge >= 0.3 is 0 Å². The molecule has 20 heavy (non-hydrogen) atoms. The van der Waals surface area contributed by atoms with Crippen molar-refractivity contribution >= 4 is 5.91 Å². The highest BCUT2D eigenvalue weighted by molar-refractivity contribution is 5.81. The smallest absolute Gasteiger partial charge is 0.239 e. The van der Waals surface area contributed by atoms with E-state index in [0.717, 1.165) is 5.56 Å². The van der Waals surface area contributed by atoms with E-state index in [-0.39, 0.29) is 23.8 Å². The lowest BCUT2D eigenvalue weighted by atomic mass is 10.1. The zero-order chi connectivity index (χ0) is 14.5. The molecule has 2 rings (SSSR count). The van der Waals surface area contributed by atoms with E-state index in [1.54, 1.807) is 11.1 Å². The van der Waals surface area contributed by atoms with Crippen LogP contribution >= 0.6 is 0 Å². The van der Waals surface area contributed by atoms with E-state index >= 15 is 0 Å². The Kier molecular flexibility index (Phi) is 5.03. The van der Waals surface area contributed by atoms with Gasteiger partial charge in [-0.1, -0.05) is 0 Å². The number of aromatic nitrogens is 1. The van der Waals surface area contributed by atoms with Crippen LogP contribution in [0, 0.1) is 5.82 Å². The highest BCUT2D eigenvalue weighted by Crippen LogP contribution is 2.13. The number of morpholine rings is 1. The second kappa shape index (κ2) is 6.76. The lowest BCUT2D eigenvalue weighted by Crippen LogP contribution is -2.49. The molecule has 0 saturated carbocycles. The van der Waals surface area contributed by atoms with Crippen LogP contribution in [0.25, 0.3) is 0 Å². The van der Waals surface area contributed by atoms with E-state index in [1.807, 2.05) is 13.8 Å². The number of hydrogen-bond acceptors (Lipinski definition) is 4. The first kappa shape index (κ1) is 14.9. The van der Waals surface area contributed by atoms with Gasteiger partial charge in [0, 0.05) is 25.3 Å². The molecular formula is C14H20FN3O2. The molecule has 2 atom stereocenters. The van der Waals surface area contributed by atoms with Gasteiger partial charge in [0.2, 0.25) is 5.91 Å². The van der Waals surface area contributed by atoms with Crippen molar-refractivity contribution in [1.29, 1.82) is 0 Å². The minimum absolute atomic E-state index is 0.0458. The second-order valence-corrected chi connectivity index (χ2v) is 4.98. The molecule has 2 unspecified atom stereocenters. The SMILES string of the molecule is CC(NC(C)c1cncc(F)c1)C(=O)N1CCOCC1. The van der Waals surface area contributed by atoms with E-state index in [4.69, 9.17) is 4.74 Å². The van der Waals surface area contributed by atoms with Crippen LogP contribution in [0.3, 0.4) is 0 Å². The monoisotopic (exact) mass is 281 g/mol. The molecule has 1 aliphatic heterocycles. The van der Waals surface area contributed by atoms with Crippen molar-refractivity contribution in [3.05, 3.63) is 29.8 Å². The Morgan fingerprint density at radius 2 is 2.10 bits per heavy atom. The topological polar surface area (TPSA) is 54.5 Å². The molecule has 1 saturated heterocycles. The van der Waals surface area contributed by atoms with Crippen molar-refractivity contribution in [1.82, 2.24) is 15.2 Å². The maximum absolute atomic E-state index is 13.1. The van der Waals surface area contributed by atoms with Crippen LogP contribution in [0.5, 0.6) is 0 Å². The van der Waals surface area contributed by atoms with Crippen LogP contribution in [0.1, 0.15) is 25.5 Å². The molecular weight excluding hydrogens is 261 g/mol. The zero-order valence-electron chi connectivity index (χ0n) is 11.8. The third kappa shape index (κ3) is 3.74. The van der Waals surface area contributed by atoms with Crippen LogP contribution in [-0.4, -0.2) is 48.1 Å². The predicted molar refractivity (Wildman–Crippen MR) is 72.6 cm³/mol. The van der Waals surface area contributed by atoms with E-state index < -0.39 is 0 Å². The molecule has 1 aromatic heterocycles. The Labute approximate surface area is 118 Å². The summed E-state index contributed by atoms with van der Waals surface area (Å²) in [5.41, 5.74) is 0.728. The Morgan fingerprint density at radius 1 is 1.40 bits per heavy atom. The number of rotatable bonds is 4. The maximum atomic E-state index is 13.1. The van der Waals surface area contributed by atoms with Crippen LogP contribution in [0.4, 0.5) is 4.39 Å². The fraction of sp³-hybridized carbons (Fsp3) is 0.571. The molecule has 110 valence electrons. The first-order chi connectivity index (χ1) is 9.58. The summed E-state index contributed by atoms with van der Waals surface area (Å²) in [7, 11) is 0. The lowest BCUT2D eigenvalue weighted by molar-refractivity contribution is -0.137. The molecule has 5 nitrogen and oxygen atoms in total. The number of nitrogens with zero attached hydrogens (tertiary/aromatic N) is 2. The van der Waals surface area contributed by atoms with Crippen LogP contribution < -0.4 is 5.32 Å². The number of hydrogen-bond donors (Lipinski definition) is 1. The molecule has 6 heteroatoms. The summed E-state index contributed by atoms with van der Waals surface area (Å²) in [5, 5.41) is 3.18. The molecule has 0 bridgehead atoms. The van der Waals surface area contributed by atoms with Crippen molar-refractivity contribution in [2.24, 2.45) is 0 Å². The molecule has 0 radical (unpaired) electrons. The highest BCUT2D eigenvalue weighted by Gasteiger charge is 2.23. The molecule has 1 aromatic rings. The number of pyridine rings is 1. The van der Waals surface area contributed by atoms with Gasteiger partial charge in [0.05, 0.1) is 25.5 Å². The Balaban J connectivity index is 1.92. The van der Waals surface area contributed by atoms with Gasteiger partial charge in [-0.25, -0.2) is 4.39 Å². The molecule has 1 N–H and O–H groups in total. The Morgan fingerprint density at radius 3 is 2.75 bits per heavy atom. The third-order valence-corrected chi connectivity index (χ3v) is 3.42. The van der Waals surface area contributed by atoms with Gasteiger partial charge in [-0.3, -0.25) is 15.1 Å². The zero-order valence-corrected chi connectivity index (χ0v) is 11.8. The summed E-state index contributed by atoms with van der Waals surface area (Å²) in [6.07, 6.45) is 2.77. The van der Waals surface area contributed by atoms with E-state index in [9.17, 15) is 9.18 Å². The Bertz CT molecular complexity index is 463. The molecule has 1 aliphatic rings. The predicted octanol–water partition coefficient (Wildman–Crippen LogP) is 1.12. The third-order valence-electron chi connectivity index (χ3n) is 3.42. The van der Waals surface area contributed by atoms with Crippen molar-refractivity contribution in [2.75, 3.05) is 26.3 Å². The molecule has 0 aromatic carbocycles. The minimum Gasteiger partial charge on any atom is -0.378 e. The first-order valence-corrected chi connectivity index (χ1v) is 6.81. The number of nitrogens with one attached hydrogen (secondary N) is 1. The summed E-state index contributed by atoms with van der Waals surface area (Å²) in [6, 6.07) is 0.959. The Hall–Kier alpha value is -1.53. The van der Waals surface area contributed by atoms with Crippen LogP contribution in [0.15, 0.2) is 18.5 Å². The van der Waals surface area contributed by atoms with Crippen LogP contribution in [0.2, 0.25) is 0 Å². The number of amides is 1. The number of halogens is 1. The summed E-state index contributed by atoms with van der Waals surface area (Å²) >= 11 is 0. The van der Waals surface area contributed by atoms with Gasteiger partial charge < -0.3 is 9.64 Å². The first-order valence-electron chi connectivity index (χ1n) is 6.81.